The van der Waals surface area contributed by atoms with Crippen molar-refractivity contribution in [2.75, 3.05) is 23.7 Å². The second kappa shape index (κ2) is 14.1. The fourth-order valence-electron chi connectivity index (χ4n) is 4.43. The number of carbonyl (C=O) groups is 2. The van der Waals surface area contributed by atoms with Crippen LogP contribution in [0.3, 0.4) is 0 Å². The molecule has 1 N–H and O–H groups in total. The SMILES string of the molecule is CCc1ccccc1N(CC(=O)N(Cc1ccccc1F)C(Cc1ccccc1)C(=O)NCC(C)C)S(C)(=O)=O. The molecule has 0 aliphatic heterocycles. The molecular weight excluding hydrogens is 529 g/mol. The average molecular weight is 568 g/mol. The largest absolute Gasteiger partial charge is 0.354 e. The number of anilines is 1. The lowest BCUT2D eigenvalue weighted by Gasteiger charge is -2.34. The van der Waals surface area contributed by atoms with Crippen molar-refractivity contribution in [1.29, 1.82) is 0 Å². The van der Waals surface area contributed by atoms with Crippen molar-refractivity contribution in [1.82, 2.24) is 10.2 Å². The van der Waals surface area contributed by atoms with Crippen molar-refractivity contribution in [3.05, 3.63) is 101 Å². The smallest absolute Gasteiger partial charge is 0.244 e. The zero-order valence-electron chi connectivity index (χ0n) is 23.5. The molecule has 3 aromatic carbocycles. The Morgan fingerprint density at radius 2 is 1.50 bits per heavy atom. The minimum atomic E-state index is -3.88. The molecule has 9 heteroatoms. The molecule has 214 valence electrons. The van der Waals surface area contributed by atoms with Crippen LogP contribution >= 0.6 is 0 Å². The molecule has 0 spiro atoms. The van der Waals surface area contributed by atoms with Gasteiger partial charge in [-0.05, 0) is 35.6 Å². The summed E-state index contributed by atoms with van der Waals surface area (Å²) in [5.41, 5.74) is 2.20. The summed E-state index contributed by atoms with van der Waals surface area (Å²) in [4.78, 5) is 29.0. The first-order valence-electron chi connectivity index (χ1n) is 13.4. The average Bonchev–Trinajstić information content (AvgIpc) is 2.93. The van der Waals surface area contributed by atoms with E-state index in [1.54, 1.807) is 30.3 Å². The molecule has 1 atom stereocenters. The molecule has 2 amide bonds. The maximum atomic E-state index is 14.8. The van der Waals surface area contributed by atoms with Gasteiger partial charge in [0.15, 0.2) is 0 Å². The zero-order valence-corrected chi connectivity index (χ0v) is 24.3. The molecule has 0 saturated heterocycles. The molecule has 0 aliphatic rings. The molecule has 0 heterocycles. The maximum Gasteiger partial charge on any atom is 0.244 e. The van der Waals surface area contributed by atoms with Gasteiger partial charge in [-0.15, -0.1) is 0 Å². The predicted octanol–water partition coefficient (Wildman–Crippen LogP) is 4.57. The number of amides is 2. The fourth-order valence-corrected chi connectivity index (χ4v) is 5.31. The van der Waals surface area contributed by atoms with Crippen LogP contribution in [0.15, 0.2) is 78.9 Å². The molecule has 0 radical (unpaired) electrons. The summed E-state index contributed by atoms with van der Waals surface area (Å²) in [6.07, 6.45) is 1.78. The van der Waals surface area contributed by atoms with Gasteiger partial charge in [0.25, 0.3) is 0 Å². The summed E-state index contributed by atoms with van der Waals surface area (Å²) >= 11 is 0. The van der Waals surface area contributed by atoms with E-state index in [2.05, 4.69) is 5.32 Å². The second-order valence-corrected chi connectivity index (χ2v) is 12.1. The second-order valence-electron chi connectivity index (χ2n) is 10.2. The quantitative estimate of drug-likeness (QED) is 0.328. The highest BCUT2D eigenvalue weighted by Gasteiger charge is 2.33. The van der Waals surface area contributed by atoms with Gasteiger partial charge in [0.05, 0.1) is 11.9 Å². The number of rotatable bonds is 13. The Morgan fingerprint density at radius 1 is 0.900 bits per heavy atom. The Labute approximate surface area is 237 Å². The van der Waals surface area contributed by atoms with Gasteiger partial charge in [-0.1, -0.05) is 87.5 Å². The lowest BCUT2D eigenvalue weighted by molar-refractivity contribution is -0.140. The van der Waals surface area contributed by atoms with Crippen LogP contribution in [0.25, 0.3) is 0 Å². The van der Waals surface area contributed by atoms with Crippen LogP contribution in [0.5, 0.6) is 0 Å². The van der Waals surface area contributed by atoms with Crippen LogP contribution in [0.4, 0.5) is 10.1 Å². The number of para-hydroxylation sites is 1. The highest BCUT2D eigenvalue weighted by atomic mass is 32.2. The molecule has 3 rings (SSSR count). The van der Waals surface area contributed by atoms with E-state index >= 15 is 0 Å². The zero-order chi connectivity index (χ0) is 29.3. The molecule has 0 bridgehead atoms. The molecule has 0 fully saturated rings. The Bertz CT molecular complexity index is 1400. The van der Waals surface area contributed by atoms with Crippen molar-refractivity contribution in [2.45, 2.75) is 46.2 Å². The van der Waals surface area contributed by atoms with E-state index in [1.165, 1.54) is 11.0 Å². The summed E-state index contributed by atoms with van der Waals surface area (Å²) < 4.78 is 41.8. The van der Waals surface area contributed by atoms with Crippen molar-refractivity contribution < 1.29 is 22.4 Å². The van der Waals surface area contributed by atoms with Gasteiger partial charge in [0, 0.05) is 25.1 Å². The number of nitrogens with zero attached hydrogens (tertiary/aromatic N) is 2. The maximum absolute atomic E-state index is 14.8. The topological polar surface area (TPSA) is 86.8 Å². The monoisotopic (exact) mass is 567 g/mol. The van der Waals surface area contributed by atoms with Gasteiger partial charge in [-0.3, -0.25) is 13.9 Å². The molecule has 0 aliphatic carbocycles. The van der Waals surface area contributed by atoms with Gasteiger partial charge in [0.2, 0.25) is 21.8 Å². The number of hydrogen-bond acceptors (Lipinski definition) is 4. The Balaban J connectivity index is 2.08. The summed E-state index contributed by atoms with van der Waals surface area (Å²) in [6.45, 7) is 5.48. The number of aryl methyl sites for hydroxylation is 1. The van der Waals surface area contributed by atoms with Crippen LogP contribution in [-0.4, -0.2) is 50.5 Å². The number of hydrogen-bond donors (Lipinski definition) is 1. The number of halogens is 1. The molecule has 3 aromatic rings. The third-order valence-electron chi connectivity index (χ3n) is 6.57. The first-order valence-corrected chi connectivity index (χ1v) is 15.3. The van der Waals surface area contributed by atoms with Crippen LogP contribution < -0.4 is 9.62 Å². The van der Waals surface area contributed by atoms with Gasteiger partial charge in [0.1, 0.15) is 18.4 Å². The minimum absolute atomic E-state index is 0.170. The summed E-state index contributed by atoms with van der Waals surface area (Å²) in [5, 5.41) is 2.91. The van der Waals surface area contributed by atoms with Crippen molar-refractivity contribution in [3.63, 3.8) is 0 Å². The van der Waals surface area contributed by atoms with Crippen molar-refractivity contribution in [3.8, 4) is 0 Å². The van der Waals surface area contributed by atoms with Crippen LogP contribution in [0, 0.1) is 11.7 Å². The summed E-state index contributed by atoms with van der Waals surface area (Å²) in [5.74, 6) is -1.34. The molecular formula is C31H38FN3O4S. The highest BCUT2D eigenvalue weighted by Crippen LogP contribution is 2.25. The van der Waals surface area contributed by atoms with Gasteiger partial charge >= 0.3 is 0 Å². The highest BCUT2D eigenvalue weighted by molar-refractivity contribution is 7.92. The molecule has 1 unspecified atom stereocenters. The Kier molecular flexibility index (Phi) is 10.8. The number of sulfonamides is 1. The third-order valence-corrected chi connectivity index (χ3v) is 7.70. The Morgan fingerprint density at radius 3 is 2.10 bits per heavy atom. The number of benzene rings is 3. The fraction of sp³-hybridized carbons (Fsp3) is 0.355. The molecule has 0 aromatic heterocycles. The van der Waals surface area contributed by atoms with E-state index in [1.807, 2.05) is 63.2 Å². The standard InChI is InChI=1S/C31H38FN3O4S/c1-5-25-15-10-12-18-28(25)35(40(4,38)39)22-30(36)34(21-26-16-9-11-17-27(26)32)29(31(37)33-20-23(2)3)19-24-13-7-6-8-14-24/h6-18,23,29H,5,19-22H2,1-4H3,(H,33,37). The van der Waals surface area contributed by atoms with Crippen LogP contribution in [0.2, 0.25) is 0 Å². The molecule has 40 heavy (non-hydrogen) atoms. The van der Waals surface area contributed by atoms with Crippen LogP contribution in [-0.2, 0) is 39.0 Å². The lowest BCUT2D eigenvalue weighted by atomic mass is 10.0. The van der Waals surface area contributed by atoms with E-state index < -0.39 is 34.3 Å². The van der Waals surface area contributed by atoms with Crippen molar-refractivity contribution >= 4 is 27.5 Å². The predicted molar refractivity (Wildman–Crippen MR) is 157 cm³/mol. The first kappa shape index (κ1) is 30.8. The number of nitrogens with one attached hydrogen (secondary N) is 1. The minimum Gasteiger partial charge on any atom is -0.354 e. The first-order chi connectivity index (χ1) is 19.0. The van der Waals surface area contributed by atoms with Gasteiger partial charge in [-0.25, -0.2) is 12.8 Å². The third kappa shape index (κ3) is 8.39. The Hall–Kier alpha value is -3.72. The van der Waals surface area contributed by atoms with E-state index in [0.717, 1.165) is 21.7 Å². The summed E-state index contributed by atoms with van der Waals surface area (Å²) in [7, 11) is -3.88. The van der Waals surface area contributed by atoms with E-state index in [0.29, 0.717) is 18.7 Å². The summed E-state index contributed by atoms with van der Waals surface area (Å²) in [6, 6.07) is 21.3. The van der Waals surface area contributed by atoms with E-state index in [-0.39, 0.29) is 30.4 Å². The van der Waals surface area contributed by atoms with E-state index in [9.17, 15) is 22.4 Å². The number of carbonyl (C=O) groups excluding carboxylic acids is 2. The van der Waals surface area contributed by atoms with Crippen LogP contribution in [0.1, 0.15) is 37.5 Å². The van der Waals surface area contributed by atoms with Gasteiger partial charge in [-0.2, -0.15) is 0 Å². The normalized spacial score (nSPS) is 12.2. The van der Waals surface area contributed by atoms with Gasteiger partial charge < -0.3 is 10.2 Å². The molecule has 0 saturated carbocycles. The van der Waals surface area contributed by atoms with E-state index in [4.69, 9.17) is 0 Å². The molecule has 7 nitrogen and oxygen atoms in total. The van der Waals surface area contributed by atoms with Crippen molar-refractivity contribution in [2.24, 2.45) is 5.92 Å². The lowest BCUT2D eigenvalue weighted by Crippen LogP contribution is -2.53.